The Labute approximate surface area is 108 Å². The van der Waals surface area contributed by atoms with Crippen LogP contribution in [0.3, 0.4) is 0 Å². The highest BCUT2D eigenvalue weighted by Crippen LogP contribution is 2.30. The van der Waals surface area contributed by atoms with Crippen molar-refractivity contribution in [2.24, 2.45) is 11.3 Å². The van der Waals surface area contributed by atoms with Crippen molar-refractivity contribution in [1.82, 2.24) is 0 Å². The van der Waals surface area contributed by atoms with E-state index in [1.54, 1.807) is 11.1 Å². The Morgan fingerprint density at radius 2 is 2.06 bits per heavy atom. The molecule has 0 N–H and O–H groups in total. The van der Waals surface area contributed by atoms with E-state index in [2.05, 4.69) is 46.8 Å². The third kappa shape index (κ3) is 6.10. The first-order chi connectivity index (χ1) is 7.89. The van der Waals surface area contributed by atoms with E-state index in [-0.39, 0.29) is 0 Å². The third-order valence-corrected chi connectivity index (χ3v) is 3.46. The Morgan fingerprint density at radius 1 is 1.35 bits per heavy atom. The Morgan fingerprint density at radius 3 is 2.59 bits per heavy atom. The normalized spacial score (nSPS) is 18.5. The van der Waals surface area contributed by atoms with Gasteiger partial charge in [-0.15, -0.1) is 0 Å². The lowest BCUT2D eigenvalue weighted by Crippen LogP contribution is -2.12. The zero-order chi connectivity index (χ0) is 12.9. The summed E-state index contributed by atoms with van der Waals surface area (Å²) < 4.78 is 0. The average molecular weight is 234 g/mol. The first-order valence-electron chi connectivity index (χ1n) is 7.25. The molecule has 0 aromatic heterocycles. The van der Waals surface area contributed by atoms with Gasteiger partial charge < -0.3 is 0 Å². The molecule has 0 fully saturated rings. The highest BCUT2D eigenvalue weighted by Gasteiger charge is 2.17. The van der Waals surface area contributed by atoms with Crippen LogP contribution in [-0.2, 0) is 0 Å². The zero-order valence-corrected chi connectivity index (χ0v) is 12.5. The molecule has 0 nitrogen and oxygen atoms in total. The standard InChI is InChI=1S/C17H30/c1-14(2)12-17(4,5)13-15(3)11-16-9-7-6-8-10-16/h9,13-14H,6-8,10-12H2,1-5H3. The molecule has 0 heteroatoms. The van der Waals surface area contributed by atoms with Crippen molar-refractivity contribution < 1.29 is 0 Å². The minimum atomic E-state index is 0.355. The largest absolute Gasteiger partial charge is 0.0850 e. The summed E-state index contributed by atoms with van der Waals surface area (Å²) >= 11 is 0. The molecular weight excluding hydrogens is 204 g/mol. The maximum absolute atomic E-state index is 2.50. The fraction of sp³-hybridized carbons (Fsp3) is 0.765. The minimum absolute atomic E-state index is 0.355. The summed E-state index contributed by atoms with van der Waals surface area (Å²) in [6, 6.07) is 0. The van der Waals surface area contributed by atoms with E-state index < -0.39 is 0 Å². The molecule has 1 rings (SSSR count). The van der Waals surface area contributed by atoms with E-state index in [9.17, 15) is 0 Å². The van der Waals surface area contributed by atoms with Crippen LogP contribution in [-0.4, -0.2) is 0 Å². The van der Waals surface area contributed by atoms with E-state index in [0.29, 0.717) is 5.41 Å². The van der Waals surface area contributed by atoms with Gasteiger partial charge in [0.05, 0.1) is 0 Å². The van der Waals surface area contributed by atoms with Gasteiger partial charge in [-0.3, -0.25) is 0 Å². The molecule has 0 saturated carbocycles. The fourth-order valence-electron chi connectivity index (χ4n) is 3.25. The summed E-state index contributed by atoms with van der Waals surface area (Å²) in [5, 5.41) is 0. The van der Waals surface area contributed by atoms with Crippen LogP contribution in [0.15, 0.2) is 23.3 Å². The van der Waals surface area contributed by atoms with Crippen molar-refractivity contribution in [3.63, 3.8) is 0 Å². The van der Waals surface area contributed by atoms with Crippen LogP contribution in [0.2, 0.25) is 0 Å². The number of hydrogen-bond acceptors (Lipinski definition) is 0. The molecule has 0 spiro atoms. The SMILES string of the molecule is CC(=CC(C)(C)CC(C)C)CC1=CCCCC1. The van der Waals surface area contributed by atoms with Crippen molar-refractivity contribution in [1.29, 1.82) is 0 Å². The van der Waals surface area contributed by atoms with Gasteiger partial charge >= 0.3 is 0 Å². The van der Waals surface area contributed by atoms with E-state index in [1.165, 1.54) is 38.5 Å². The van der Waals surface area contributed by atoms with Crippen molar-refractivity contribution in [2.75, 3.05) is 0 Å². The average Bonchev–Trinajstić information content (AvgIpc) is 2.15. The molecule has 0 unspecified atom stereocenters. The lowest BCUT2D eigenvalue weighted by Gasteiger charge is -2.24. The van der Waals surface area contributed by atoms with Crippen molar-refractivity contribution >= 4 is 0 Å². The summed E-state index contributed by atoms with van der Waals surface area (Å²) in [7, 11) is 0. The summed E-state index contributed by atoms with van der Waals surface area (Å²) in [5.41, 5.74) is 3.59. The lowest BCUT2D eigenvalue weighted by molar-refractivity contribution is 0.364. The van der Waals surface area contributed by atoms with E-state index in [1.807, 2.05) is 0 Å². The predicted octanol–water partition coefficient (Wildman–Crippen LogP) is 5.90. The van der Waals surface area contributed by atoms with Crippen LogP contribution in [0.25, 0.3) is 0 Å². The predicted molar refractivity (Wildman–Crippen MR) is 78.2 cm³/mol. The number of rotatable bonds is 5. The zero-order valence-electron chi connectivity index (χ0n) is 12.5. The van der Waals surface area contributed by atoms with E-state index in [0.717, 1.165) is 5.92 Å². The smallest absolute Gasteiger partial charge is 0.0111 e. The summed E-state index contributed by atoms with van der Waals surface area (Å²) in [6.45, 7) is 11.7. The quantitative estimate of drug-likeness (QED) is 0.520. The van der Waals surface area contributed by atoms with E-state index in [4.69, 9.17) is 0 Å². The Hall–Kier alpha value is -0.520. The van der Waals surface area contributed by atoms with Gasteiger partial charge in [0.15, 0.2) is 0 Å². The van der Waals surface area contributed by atoms with Crippen LogP contribution < -0.4 is 0 Å². The summed E-state index contributed by atoms with van der Waals surface area (Å²) in [4.78, 5) is 0. The van der Waals surface area contributed by atoms with Gasteiger partial charge in [0.2, 0.25) is 0 Å². The third-order valence-electron chi connectivity index (χ3n) is 3.46. The van der Waals surface area contributed by atoms with Crippen molar-refractivity contribution in [3.8, 4) is 0 Å². The molecule has 0 aromatic carbocycles. The van der Waals surface area contributed by atoms with Crippen LogP contribution in [0, 0.1) is 11.3 Å². The Bertz CT molecular complexity index is 289. The molecule has 0 amide bonds. The van der Waals surface area contributed by atoms with Gasteiger partial charge in [-0.1, -0.05) is 51.0 Å². The highest BCUT2D eigenvalue weighted by atomic mass is 14.2. The molecule has 0 bridgehead atoms. The number of hydrogen-bond donors (Lipinski definition) is 0. The molecule has 0 radical (unpaired) electrons. The molecule has 1 aliphatic rings. The van der Waals surface area contributed by atoms with Crippen LogP contribution >= 0.6 is 0 Å². The molecule has 0 heterocycles. The fourth-order valence-corrected chi connectivity index (χ4v) is 3.25. The Balaban J connectivity index is 2.55. The molecule has 1 aliphatic carbocycles. The van der Waals surface area contributed by atoms with Gasteiger partial charge in [-0.25, -0.2) is 0 Å². The lowest BCUT2D eigenvalue weighted by atomic mass is 9.81. The van der Waals surface area contributed by atoms with Crippen LogP contribution in [0.4, 0.5) is 0 Å². The maximum atomic E-state index is 2.50. The van der Waals surface area contributed by atoms with Gasteiger partial charge in [-0.2, -0.15) is 0 Å². The molecule has 0 saturated heterocycles. The monoisotopic (exact) mass is 234 g/mol. The first-order valence-corrected chi connectivity index (χ1v) is 7.25. The highest BCUT2D eigenvalue weighted by molar-refractivity contribution is 5.17. The number of allylic oxidation sites excluding steroid dienone is 4. The second-order valence-electron chi connectivity index (χ2n) is 6.86. The van der Waals surface area contributed by atoms with Gasteiger partial charge in [0, 0.05) is 0 Å². The van der Waals surface area contributed by atoms with Gasteiger partial charge in [-0.05, 0) is 56.8 Å². The van der Waals surface area contributed by atoms with Crippen LogP contribution in [0.1, 0.15) is 73.1 Å². The Kier molecular flexibility index (Phi) is 5.49. The van der Waals surface area contributed by atoms with Crippen molar-refractivity contribution in [2.45, 2.75) is 73.1 Å². The second-order valence-corrected chi connectivity index (χ2v) is 6.86. The summed E-state index contributed by atoms with van der Waals surface area (Å²) in [6.07, 6.45) is 12.9. The minimum Gasteiger partial charge on any atom is -0.0850 e. The molecule has 98 valence electrons. The van der Waals surface area contributed by atoms with Gasteiger partial charge in [0.25, 0.3) is 0 Å². The molecule has 0 aliphatic heterocycles. The maximum Gasteiger partial charge on any atom is -0.0111 e. The van der Waals surface area contributed by atoms with E-state index >= 15 is 0 Å². The van der Waals surface area contributed by atoms with Gasteiger partial charge in [0.1, 0.15) is 0 Å². The molecule has 17 heavy (non-hydrogen) atoms. The first kappa shape index (κ1) is 14.5. The second kappa shape index (κ2) is 6.42. The topological polar surface area (TPSA) is 0 Å². The van der Waals surface area contributed by atoms with Crippen molar-refractivity contribution in [3.05, 3.63) is 23.3 Å². The molecule has 0 aromatic rings. The molecule has 0 atom stereocenters. The molecular formula is C17H30. The summed E-state index contributed by atoms with van der Waals surface area (Å²) in [5.74, 6) is 0.781. The van der Waals surface area contributed by atoms with Crippen LogP contribution in [0.5, 0.6) is 0 Å².